The summed E-state index contributed by atoms with van der Waals surface area (Å²) >= 11 is 1.51. The number of aliphatic hydroxyl groups is 1. The summed E-state index contributed by atoms with van der Waals surface area (Å²) in [5.74, 6) is 0.632. The average molecular weight is 471 g/mol. The maximum absolute atomic E-state index is 12.6. The molecule has 0 unspecified atom stereocenters. The minimum atomic E-state index is -0.356. The van der Waals surface area contributed by atoms with E-state index < -0.39 is 0 Å². The first kappa shape index (κ1) is 23.4. The lowest BCUT2D eigenvalue weighted by molar-refractivity contribution is 0.0939. The molecule has 176 valence electrons. The maximum Gasteiger partial charge on any atom is 0.270 e. The number of aromatic nitrogens is 3. The van der Waals surface area contributed by atoms with E-state index >= 15 is 0 Å². The van der Waals surface area contributed by atoms with E-state index in [0.29, 0.717) is 35.4 Å². The number of hydrogen-bond donors (Lipinski definition) is 3. The molecular weight excluding hydrogens is 440 g/mol. The Bertz CT molecular complexity index is 1010. The van der Waals surface area contributed by atoms with Gasteiger partial charge in [0, 0.05) is 61.8 Å². The quantitative estimate of drug-likeness (QED) is 0.504. The van der Waals surface area contributed by atoms with Crippen molar-refractivity contribution >= 4 is 34.1 Å². The Balaban J connectivity index is 1.55. The van der Waals surface area contributed by atoms with E-state index in [1.165, 1.54) is 11.3 Å². The predicted octanol–water partition coefficient (Wildman–Crippen LogP) is 2.05. The Hall–Kier alpha value is -2.81. The topological polar surface area (TPSA) is 130 Å². The third-order valence-electron chi connectivity index (χ3n) is 6.41. The Morgan fingerprint density at radius 3 is 2.76 bits per heavy atom. The molecule has 0 aromatic carbocycles. The van der Waals surface area contributed by atoms with Crippen LogP contribution in [0.2, 0.25) is 0 Å². The largest absolute Gasteiger partial charge is 0.395 e. The summed E-state index contributed by atoms with van der Waals surface area (Å²) in [6.45, 7) is 2.83. The molecule has 11 heteroatoms. The van der Waals surface area contributed by atoms with Crippen molar-refractivity contribution in [2.45, 2.75) is 57.2 Å². The second-order valence-electron chi connectivity index (χ2n) is 8.59. The van der Waals surface area contributed by atoms with Gasteiger partial charge in [-0.2, -0.15) is 10.2 Å². The Kier molecular flexibility index (Phi) is 7.37. The molecule has 2 aliphatic heterocycles. The van der Waals surface area contributed by atoms with Gasteiger partial charge in [0.2, 0.25) is 5.95 Å². The lowest BCUT2D eigenvalue weighted by atomic mass is 9.96. The highest BCUT2D eigenvalue weighted by Gasteiger charge is 2.42. The monoisotopic (exact) mass is 470 g/mol. The smallest absolute Gasteiger partial charge is 0.270 e. The van der Waals surface area contributed by atoms with Crippen molar-refractivity contribution in [1.29, 1.82) is 5.26 Å². The number of carbonyl (C=O) groups excluding carboxylic acids is 1. The lowest BCUT2D eigenvalue weighted by Gasteiger charge is -2.42. The second kappa shape index (κ2) is 10.4. The highest BCUT2D eigenvalue weighted by atomic mass is 32.1. The highest BCUT2D eigenvalue weighted by Crippen LogP contribution is 2.38. The van der Waals surface area contributed by atoms with E-state index in [1.54, 1.807) is 12.3 Å². The molecule has 1 amide bonds. The first-order chi connectivity index (χ1) is 16.0. The van der Waals surface area contributed by atoms with E-state index in [4.69, 9.17) is 15.4 Å². The fourth-order valence-electron chi connectivity index (χ4n) is 4.82. The number of rotatable bonds is 9. The van der Waals surface area contributed by atoms with Crippen LogP contribution >= 0.6 is 11.3 Å². The molecule has 3 N–H and O–H groups in total. The summed E-state index contributed by atoms with van der Waals surface area (Å²) in [6.07, 6.45) is 6.62. The molecule has 2 aromatic rings. The van der Waals surface area contributed by atoms with Crippen molar-refractivity contribution in [3.63, 3.8) is 0 Å². The van der Waals surface area contributed by atoms with Crippen LogP contribution in [0.15, 0.2) is 12.3 Å². The van der Waals surface area contributed by atoms with Crippen molar-refractivity contribution in [3.05, 3.63) is 22.8 Å². The molecule has 2 aliphatic rings. The number of hydrogen-bond acceptors (Lipinski definition) is 10. The van der Waals surface area contributed by atoms with E-state index in [9.17, 15) is 4.79 Å². The van der Waals surface area contributed by atoms with Crippen molar-refractivity contribution < 1.29 is 9.90 Å². The number of aliphatic hydroxyl groups excluding tert-OH is 1. The number of fused-ring (bicyclic) bond motifs is 2. The van der Waals surface area contributed by atoms with Crippen LogP contribution in [0.25, 0.3) is 0 Å². The van der Waals surface area contributed by atoms with Crippen LogP contribution in [0.5, 0.6) is 0 Å². The molecule has 33 heavy (non-hydrogen) atoms. The third-order valence-corrected chi connectivity index (χ3v) is 7.23. The van der Waals surface area contributed by atoms with Gasteiger partial charge in [-0.3, -0.25) is 9.69 Å². The van der Waals surface area contributed by atoms with E-state index in [1.807, 2.05) is 14.0 Å². The minimum absolute atomic E-state index is 0.139. The lowest BCUT2D eigenvalue weighted by Crippen LogP contribution is -2.50. The first-order valence-corrected chi connectivity index (χ1v) is 12.1. The van der Waals surface area contributed by atoms with Gasteiger partial charge in [0.15, 0.2) is 5.13 Å². The maximum atomic E-state index is 12.6. The number of aryl methyl sites for hydroxylation is 1. The van der Waals surface area contributed by atoms with Crippen molar-refractivity contribution in [2.75, 3.05) is 37.0 Å². The minimum Gasteiger partial charge on any atom is -0.395 e. The van der Waals surface area contributed by atoms with Gasteiger partial charge >= 0.3 is 0 Å². The van der Waals surface area contributed by atoms with Gasteiger partial charge < -0.3 is 20.6 Å². The molecule has 2 aromatic heterocycles. The molecule has 10 nitrogen and oxygen atoms in total. The number of nitrogens with zero attached hydrogens (tertiary/aromatic N) is 6. The molecule has 2 bridgehead atoms. The van der Waals surface area contributed by atoms with Gasteiger partial charge in [-0.25, -0.2) is 9.97 Å². The number of thiazole rings is 1. The molecule has 4 rings (SSSR count). The third kappa shape index (κ3) is 5.40. The molecule has 0 saturated carbocycles. The molecule has 0 spiro atoms. The molecule has 0 radical (unpaired) electrons. The fraction of sp³-hybridized carbons (Fsp3) is 0.591. The predicted molar refractivity (Wildman–Crippen MR) is 127 cm³/mol. The summed E-state index contributed by atoms with van der Waals surface area (Å²) in [7, 11) is 1.98. The van der Waals surface area contributed by atoms with E-state index in [2.05, 4.69) is 36.5 Å². The zero-order chi connectivity index (χ0) is 23.4. The molecule has 3 atom stereocenters. The van der Waals surface area contributed by atoms with Crippen LogP contribution < -0.4 is 15.5 Å². The Labute approximate surface area is 197 Å². The second-order valence-corrected chi connectivity index (χ2v) is 9.82. The number of piperidine rings is 1. The van der Waals surface area contributed by atoms with Crippen molar-refractivity contribution in [2.24, 2.45) is 0 Å². The Morgan fingerprint density at radius 2 is 2.12 bits per heavy atom. The summed E-state index contributed by atoms with van der Waals surface area (Å²) in [5, 5.41) is 24.6. The van der Waals surface area contributed by atoms with Gasteiger partial charge in [0.05, 0.1) is 12.7 Å². The van der Waals surface area contributed by atoms with Gasteiger partial charge in [-0.1, -0.05) is 0 Å². The number of amides is 1. The first-order valence-electron chi connectivity index (χ1n) is 11.3. The molecule has 2 fully saturated rings. The number of anilines is 3. The SMILES string of the molecule is Cc1cnc(Nc2cc(C(=O)NCCO)nc(N(C)[C@@H]3C[C@H]4CC[C@@H](C3)N4CCC#N)n2)s1. The van der Waals surface area contributed by atoms with Crippen LogP contribution in [0.4, 0.5) is 16.9 Å². The van der Waals surface area contributed by atoms with Crippen LogP contribution in [0, 0.1) is 18.3 Å². The average Bonchev–Trinajstić information content (AvgIpc) is 3.32. The van der Waals surface area contributed by atoms with Crippen LogP contribution in [0.3, 0.4) is 0 Å². The summed E-state index contributed by atoms with van der Waals surface area (Å²) in [5.41, 5.74) is 0.241. The normalized spacial score (nSPS) is 22.1. The van der Waals surface area contributed by atoms with Gasteiger partial charge in [0.25, 0.3) is 5.91 Å². The Morgan fingerprint density at radius 1 is 1.36 bits per heavy atom. The van der Waals surface area contributed by atoms with Crippen molar-refractivity contribution in [1.82, 2.24) is 25.2 Å². The molecule has 2 saturated heterocycles. The fourth-order valence-corrected chi connectivity index (χ4v) is 5.50. The summed E-state index contributed by atoms with van der Waals surface area (Å²) in [4.78, 5) is 31.8. The van der Waals surface area contributed by atoms with Gasteiger partial charge in [0.1, 0.15) is 11.5 Å². The van der Waals surface area contributed by atoms with E-state index in [-0.39, 0.29) is 30.8 Å². The highest BCUT2D eigenvalue weighted by molar-refractivity contribution is 7.15. The van der Waals surface area contributed by atoms with Crippen LogP contribution in [-0.2, 0) is 0 Å². The van der Waals surface area contributed by atoms with Gasteiger partial charge in [-0.15, -0.1) is 11.3 Å². The molecular formula is C22H30N8O2S. The summed E-state index contributed by atoms with van der Waals surface area (Å²) in [6, 6.07) is 5.07. The zero-order valence-electron chi connectivity index (χ0n) is 19.0. The van der Waals surface area contributed by atoms with Gasteiger partial charge in [-0.05, 0) is 32.6 Å². The molecule has 4 heterocycles. The zero-order valence-corrected chi connectivity index (χ0v) is 19.8. The number of nitriles is 1. The number of nitrogens with one attached hydrogen (secondary N) is 2. The molecule has 0 aliphatic carbocycles. The van der Waals surface area contributed by atoms with Crippen molar-refractivity contribution in [3.8, 4) is 6.07 Å². The summed E-state index contributed by atoms with van der Waals surface area (Å²) < 4.78 is 0. The standard InChI is InChI=1S/C22H30N8O2S/c1-14-13-25-22(33-14)28-19-12-18(20(32)24-7-9-31)26-21(27-19)29(2)17-10-15-4-5-16(11-17)30(15)8-3-6-23/h12-13,15-17,31H,3-5,7-11H2,1-2H3,(H,24,32)(H,25,26,27,28)/t15-,16+,17-. The number of carbonyl (C=O) groups is 1. The van der Waals surface area contributed by atoms with E-state index in [0.717, 1.165) is 37.1 Å². The van der Waals surface area contributed by atoms with Crippen LogP contribution in [0.1, 0.15) is 47.5 Å². The van der Waals surface area contributed by atoms with Crippen LogP contribution in [-0.4, -0.2) is 75.7 Å².